The molecule has 0 spiro atoms. The van der Waals surface area contributed by atoms with Crippen LogP contribution in [0, 0.1) is 18.6 Å². The molecule has 1 N–H and O–H groups in total. The molecule has 2 heterocycles. The molecule has 0 saturated heterocycles. The van der Waals surface area contributed by atoms with Crippen molar-refractivity contribution >= 4 is 28.5 Å². The number of para-hydroxylation sites is 1. The summed E-state index contributed by atoms with van der Waals surface area (Å²) in [6.45, 7) is 1.11. The predicted molar refractivity (Wildman–Crippen MR) is 109 cm³/mol. The number of hydrogen-bond acceptors (Lipinski definition) is 5. The first kappa shape index (κ1) is 20.2. The molecule has 2 aromatic carbocycles. The fourth-order valence-electron chi connectivity index (χ4n) is 3.03. The van der Waals surface area contributed by atoms with Gasteiger partial charge in [0, 0.05) is 11.5 Å². The summed E-state index contributed by atoms with van der Waals surface area (Å²) in [5.74, 6) is -1.92. The lowest BCUT2D eigenvalue weighted by Crippen LogP contribution is -2.21. The maximum atomic E-state index is 13.7. The van der Waals surface area contributed by atoms with Crippen LogP contribution in [0.25, 0.3) is 22.4 Å². The molecule has 6 nitrogen and oxygen atoms in total. The number of rotatable bonds is 5. The number of anilines is 1. The van der Waals surface area contributed by atoms with Gasteiger partial charge in [-0.15, -0.1) is 0 Å². The lowest BCUT2D eigenvalue weighted by Gasteiger charge is -2.10. The van der Waals surface area contributed by atoms with Gasteiger partial charge in [-0.1, -0.05) is 18.2 Å². The standard InChI is InChI=1S/C23H16F2N2O4/c1-13-6-9-21(31-13)20-11-16(15-4-2-3-5-18(15)26-20)23(29)30-12-22(28)27-19-10-14(24)7-8-17(19)25/h2-11H,12H2,1H3,(H,27,28). The van der Waals surface area contributed by atoms with E-state index in [1.165, 1.54) is 6.07 Å². The minimum absolute atomic E-state index is 0.194. The van der Waals surface area contributed by atoms with Gasteiger partial charge in [0.25, 0.3) is 5.91 Å². The Bertz CT molecular complexity index is 1300. The number of pyridine rings is 1. The number of aryl methyl sites for hydroxylation is 1. The van der Waals surface area contributed by atoms with Crippen molar-refractivity contribution in [3.63, 3.8) is 0 Å². The lowest BCUT2D eigenvalue weighted by atomic mass is 10.1. The molecule has 0 aliphatic heterocycles. The average molecular weight is 422 g/mol. The molecule has 0 atom stereocenters. The number of nitrogens with zero attached hydrogens (tertiary/aromatic N) is 1. The summed E-state index contributed by atoms with van der Waals surface area (Å²) in [6.07, 6.45) is 0. The molecular formula is C23H16F2N2O4. The maximum Gasteiger partial charge on any atom is 0.339 e. The molecule has 156 valence electrons. The number of furan rings is 1. The topological polar surface area (TPSA) is 81.4 Å². The first-order valence-corrected chi connectivity index (χ1v) is 9.29. The maximum absolute atomic E-state index is 13.7. The van der Waals surface area contributed by atoms with Gasteiger partial charge in [0.15, 0.2) is 12.4 Å². The van der Waals surface area contributed by atoms with Crippen molar-refractivity contribution in [3.8, 4) is 11.5 Å². The highest BCUT2D eigenvalue weighted by Gasteiger charge is 2.18. The number of ether oxygens (including phenoxy) is 1. The first-order valence-electron chi connectivity index (χ1n) is 9.29. The molecule has 8 heteroatoms. The number of hydrogen-bond donors (Lipinski definition) is 1. The van der Waals surface area contributed by atoms with Gasteiger partial charge in [-0.05, 0) is 43.3 Å². The van der Waals surface area contributed by atoms with Gasteiger partial charge in [-0.3, -0.25) is 4.79 Å². The molecule has 0 unspecified atom stereocenters. The number of fused-ring (bicyclic) bond motifs is 1. The highest BCUT2D eigenvalue weighted by atomic mass is 19.1. The molecule has 4 rings (SSSR count). The number of halogens is 2. The van der Waals surface area contributed by atoms with Crippen LogP contribution < -0.4 is 5.32 Å². The Balaban J connectivity index is 1.55. The van der Waals surface area contributed by atoms with Gasteiger partial charge in [-0.25, -0.2) is 18.6 Å². The molecule has 0 aliphatic rings. The van der Waals surface area contributed by atoms with Crippen LogP contribution in [-0.4, -0.2) is 23.5 Å². The van der Waals surface area contributed by atoms with E-state index in [2.05, 4.69) is 10.3 Å². The average Bonchev–Trinajstić information content (AvgIpc) is 3.20. The molecule has 31 heavy (non-hydrogen) atoms. The Hall–Kier alpha value is -4.07. The third-order valence-corrected chi connectivity index (χ3v) is 4.47. The molecule has 0 aliphatic carbocycles. The van der Waals surface area contributed by atoms with Crippen LogP contribution in [0.3, 0.4) is 0 Å². The first-order chi connectivity index (χ1) is 14.9. The van der Waals surface area contributed by atoms with Crippen LogP contribution in [0.1, 0.15) is 16.1 Å². The number of amides is 1. The van der Waals surface area contributed by atoms with E-state index in [0.29, 0.717) is 28.1 Å². The van der Waals surface area contributed by atoms with E-state index in [9.17, 15) is 18.4 Å². The quantitative estimate of drug-likeness (QED) is 0.464. The van der Waals surface area contributed by atoms with E-state index in [4.69, 9.17) is 9.15 Å². The zero-order valence-corrected chi connectivity index (χ0v) is 16.3. The van der Waals surface area contributed by atoms with Crippen LogP contribution in [0.5, 0.6) is 0 Å². The fourth-order valence-corrected chi connectivity index (χ4v) is 3.03. The SMILES string of the molecule is Cc1ccc(-c2cc(C(=O)OCC(=O)Nc3cc(F)ccc3F)c3ccccc3n2)o1. The number of benzene rings is 2. The van der Waals surface area contributed by atoms with E-state index in [0.717, 1.165) is 18.2 Å². The zero-order chi connectivity index (χ0) is 22.0. The second kappa shape index (κ2) is 8.35. The van der Waals surface area contributed by atoms with Crippen molar-refractivity contribution in [1.82, 2.24) is 4.98 Å². The van der Waals surface area contributed by atoms with Gasteiger partial charge in [0.05, 0.1) is 16.8 Å². The predicted octanol–water partition coefficient (Wildman–Crippen LogP) is 4.88. The summed E-state index contributed by atoms with van der Waals surface area (Å²) in [5.41, 5.74) is 0.836. The molecule has 2 aromatic heterocycles. The van der Waals surface area contributed by atoms with E-state index in [1.54, 1.807) is 43.3 Å². The Labute approximate surface area is 175 Å². The number of carbonyl (C=O) groups excluding carboxylic acids is 2. The normalized spacial score (nSPS) is 10.8. The third-order valence-electron chi connectivity index (χ3n) is 4.47. The number of nitrogens with one attached hydrogen (secondary N) is 1. The minimum Gasteiger partial charge on any atom is -0.460 e. The highest BCUT2D eigenvalue weighted by Crippen LogP contribution is 2.26. The Morgan fingerprint density at radius 1 is 1.06 bits per heavy atom. The van der Waals surface area contributed by atoms with Crippen LogP contribution in [-0.2, 0) is 9.53 Å². The Morgan fingerprint density at radius 2 is 1.87 bits per heavy atom. The van der Waals surface area contributed by atoms with E-state index < -0.39 is 30.1 Å². The summed E-state index contributed by atoms with van der Waals surface area (Å²) in [6, 6.07) is 14.7. The van der Waals surface area contributed by atoms with E-state index in [1.807, 2.05) is 0 Å². The third kappa shape index (κ3) is 4.42. The number of carbonyl (C=O) groups is 2. The lowest BCUT2D eigenvalue weighted by molar-refractivity contribution is -0.119. The highest BCUT2D eigenvalue weighted by molar-refractivity contribution is 6.05. The monoisotopic (exact) mass is 422 g/mol. The second-order valence-corrected chi connectivity index (χ2v) is 6.73. The van der Waals surface area contributed by atoms with Crippen molar-refractivity contribution in [2.75, 3.05) is 11.9 Å². The molecule has 1 amide bonds. The summed E-state index contributed by atoms with van der Waals surface area (Å²) in [5, 5.41) is 2.71. The summed E-state index contributed by atoms with van der Waals surface area (Å²) >= 11 is 0. The largest absolute Gasteiger partial charge is 0.460 e. The van der Waals surface area contributed by atoms with Crippen molar-refractivity contribution in [1.29, 1.82) is 0 Å². The molecular weight excluding hydrogens is 406 g/mol. The fraction of sp³-hybridized carbons (Fsp3) is 0.0870. The van der Waals surface area contributed by atoms with Crippen molar-refractivity contribution in [2.45, 2.75) is 6.92 Å². The van der Waals surface area contributed by atoms with E-state index >= 15 is 0 Å². The van der Waals surface area contributed by atoms with Crippen LogP contribution in [0.2, 0.25) is 0 Å². The number of esters is 1. The molecule has 0 fully saturated rings. The second-order valence-electron chi connectivity index (χ2n) is 6.73. The summed E-state index contributed by atoms with van der Waals surface area (Å²) < 4.78 is 37.6. The smallest absolute Gasteiger partial charge is 0.339 e. The van der Waals surface area contributed by atoms with Gasteiger partial charge >= 0.3 is 5.97 Å². The van der Waals surface area contributed by atoms with Gasteiger partial charge < -0.3 is 14.5 Å². The van der Waals surface area contributed by atoms with Crippen LogP contribution >= 0.6 is 0 Å². The van der Waals surface area contributed by atoms with E-state index in [-0.39, 0.29) is 11.3 Å². The van der Waals surface area contributed by atoms with Gasteiger partial charge in [0.2, 0.25) is 0 Å². The molecule has 0 saturated carbocycles. The van der Waals surface area contributed by atoms with Crippen molar-refractivity contribution in [2.24, 2.45) is 0 Å². The van der Waals surface area contributed by atoms with Gasteiger partial charge in [-0.2, -0.15) is 0 Å². The molecule has 0 bridgehead atoms. The van der Waals surface area contributed by atoms with Crippen molar-refractivity contribution < 1.29 is 27.5 Å². The summed E-state index contributed by atoms with van der Waals surface area (Å²) in [7, 11) is 0. The molecule has 4 aromatic rings. The minimum atomic E-state index is -0.807. The van der Waals surface area contributed by atoms with Crippen molar-refractivity contribution in [3.05, 3.63) is 83.6 Å². The van der Waals surface area contributed by atoms with Crippen LogP contribution in [0.15, 0.2) is 65.1 Å². The van der Waals surface area contributed by atoms with Crippen LogP contribution in [0.4, 0.5) is 14.5 Å². The summed E-state index contributed by atoms with van der Waals surface area (Å²) in [4.78, 5) is 29.3. The van der Waals surface area contributed by atoms with Gasteiger partial charge in [0.1, 0.15) is 23.1 Å². The Kier molecular flexibility index (Phi) is 5.44. The number of aromatic nitrogens is 1. The zero-order valence-electron chi connectivity index (χ0n) is 16.3. The Morgan fingerprint density at radius 3 is 2.65 bits per heavy atom. The molecule has 0 radical (unpaired) electrons.